The first-order valence-electron chi connectivity index (χ1n) is 6.68. The zero-order valence-electron chi connectivity index (χ0n) is 11.8. The standard InChI is InChI=1S/C14H21NO4S/c1-18-11-7-6-10(9-12(11)19-2)14(15)13-5-3-4-8-20(13,16)17/h6-7,9,13-14H,3-5,8,15H2,1-2H3. The minimum absolute atomic E-state index is 0.235. The highest BCUT2D eigenvalue weighted by atomic mass is 32.2. The number of rotatable bonds is 4. The first kappa shape index (κ1) is 15.1. The molecule has 2 rings (SSSR count). The van der Waals surface area contributed by atoms with Crippen LogP contribution in [0.25, 0.3) is 0 Å². The Balaban J connectivity index is 2.31. The molecule has 112 valence electrons. The molecule has 0 aliphatic carbocycles. The van der Waals surface area contributed by atoms with Crippen molar-refractivity contribution in [1.82, 2.24) is 0 Å². The summed E-state index contributed by atoms with van der Waals surface area (Å²) < 4.78 is 34.7. The third kappa shape index (κ3) is 2.91. The summed E-state index contributed by atoms with van der Waals surface area (Å²) in [6.45, 7) is 0. The lowest BCUT2D eigenvalue weighted by molar-refractivity contribution is 0.354. The van der Waals surface area contributed by atoms with Gasteiger partial charge >= 0.3 is 0 Å². The van der Waals surface area contributed by atoms with E-state index in [1.165, 1.54) is 0 Å². The summed E-state index contributed by atoms with van der Waals surface area (Å²) in [5, 5.41) is -0.505. The lowest BCUT2D eigenvalue weighted by atomic mass is 10.00. The monoisotopic (exact) mass is 299 g/mol. The molecule has 0 aromatic heterocycles. The Kier molecular flexibility index (Phi) is 4.55. The summed E-state index contributed by atoms with van der Waals surface area (Å²) in [6.07, 6.45) is 2.26. The number of nitrogens with two attached hydrogens (primary N) is 1. The van der Waals surface area contributed by atoms with E-state index in [-0.39, 0.29) is 5.75 Å². The van der Waals surface area contributed by atoms with Crippen LogP contribution in [0.3, 0.4) is 0 Å². The number of methoxy groups -OCH3 is 2. The highest BCUT2D eigenvalue weighted by Gasteiger charge is 2.34. The lowest BCUT2D eigenvalue weighted by Crippen LogP contribution is -2.37. The van der Waals surface area contributed by atoms with Crippen molar-refractivity contribution in [2.45, 2.75) is 30.6 Å². The third-order valence-electron chi connectivity index (χ3n) is 3.82. The van der Waals surface area contributed by atoms with Gasteiger partial charge in [0, 0.05) is 6.04 Å². The topological polar surface area (TPSA) is 78.6 Å². The first-order chi connectivity index (χ1) is 9.49. The van der Waals surface area contributed by atoms with Gasteiger partial charge in [0.1, 0.15) is 0 Å². The molecular weight excluding hydrogens is 278 g/mol. The number of hydrogen-bond acceptors (Lipinski definition) is 5. The second-order valence-corrected chi connectivity index (χ2v) is 7.38. The van der Waals surface area contributed by atoms with Crippen molar-refractivity contribution in [2.24, 2.45) is 5.73 Å². The molecule has 2 N–H and O–H groups in total. The highest BCUT2D eigenvalue weighted by Crippen LogP contribution is 2.34. The molecule has 0 radical (unpaired) electrons. The molecule has 2 unspecified atom stereocenters. The largest absolute Gasteiger partial charge is 0.493 e. The number of benzene rings is 1. The van der Waals surface area contributed by atoms with Gasteiger partial charge in [0.25, 0.3) is 0 Å². The predicted octanol–water partition coefficient (Wildman–Crippen LogP) is 1.67. The summed E-state index contributed by atoms with van der Waals surface area (Å²) in [4.78, 5) is 0. The van der Waals surface area contributed by atoms with Crippen LogP contribution in [-0.4, -0.2) is 33.6 Å². The van der Waals surface area contributed by atoms with E-state index in [4.69, 9.17) is 15.2 Å². The van der Waals surface area contributed by atoms with Gasteiger partial charge in [-0.3, -0.25) is 0 Å². The van der Waals surface area contributed by atoms with Crippen LogP contribution in [0.15, 0.2) is 18.2 Å². The Morgan fingerprint density at radius 1 is 1.20 bits per heavy atom. The Bertz CT molecular complexity index is 571. The van der Waals surface area contributed by atoms with Gasteiger partial charge in [-0.25, -0.2) is 8.42 Å². The smallest absolute Gasteiger partial charge is 0.161 e. The van der Waals surface area contributed by atoms with E-state index in [1.807, 2.05) is 0 Å². The predicted molar refractivity (Wildman–Crippen MR) is 77.9 cm³/mol. The van der Waals surface area contributed by atoms with Gasteiger partial charge in [-0.05, 0) is 30.5 Å². The normalized spacial score (nSPS) is 23.1. The van der Waals surface area contributed by atoms with Crippen LogP contribution in [0.2, 0.25) is 0 Å². The van der Waals surface area contributed by atoms with Crippen LogP contribution in [0.5, 0.6) is 11.5 Å². The van der Waals surface area contributed by atoms with E-state index >= 15 is 0 Å². The SMILES string of the molecule is COc1ccc(C(N)C2CCCCS2(=O)=O)cc1OC. The Hall–Kier alpha value is -1.27. The Morgan fingerprint density at radius 2 is 1.90 bits per heavy atom. The fourth-order valence-electron chi connectivity index (χ4n) is 2.66. The second-order valence-electron chi connectivity index (χ2n) is 5.04. The fourth-order valence-corrected chi connectivity index (χ4v) is 4.70. The molecule has 1 fully saturated rings. The van der Waals surface area contributed by atoms with Gasteiger partial charge < -0.3 is 15.2 Å². The molecular formula is C14H21NO4S. The molecule has 0 amide bonds. The van der Waals surface area contributed by atoms with E-state index in [0.29, 0.717) is 17.9 Å². The molecule has 1 saturated heterocycles. The van der Waals surface area contributed by atoms with E-state index < -0.39 is 21.1 Å². The molecule has 0 bridgehead atoms. The quantitative estimate of drug-likeness (QED) is 0.915. The van der Waals surface area contributed by atoms with E-state index in [0.717, 1.165) is 18.4 Å². The molecule has 2 atom stereocenters. The Labute approximate surface area is 120 Å². The first-order valence-corrected chi connectivity index (χ1v) is 8.40. The average Bonchev–Trinajstić information content (AvgIpc) is 2.45. The maximum absolute atomic E-state index is 12.1. The van der Waals surface area contributed by atoms with Crippen LogP contribution >= 0.6 is 0 Å². The van der Waals surface area contributed by atoms with Crippen molar-refractivity contribution in [1.29, 1.82) is 0 Å². The van der Waals surface area contributed by atoms with Crippen molar-refractivity contribution >= 4 is 9.84 Å². The van der Waals surface area contributed by atoms with Crippen molar-refractivity contribution < 1.29 is 17.9 Å². The summed E-state index contributed by atoms with van der Waals surface area (Å²) in [5.41, 5.74) is 6.95. The molecule has 1 heterocycles. The van der Waals surface area contributed by atoms with Crippen molar-refractivity contribution in [3.05, 3.63) is 23.8 Å². The fraction of sp³-hybridized carbons (Fsp3) is 0.571. The van der Waals surface area contributed by atoms with Crippen LogP contribution in [0.4, 0.5) is 0 Å². The van der Waals surface area contributed by atoms with Crippen LogP contribution in [-0.2, 0) is 9.84 Å². The lowest BCUT2D eigenvalue weighted by Gasteiger charge is -2.28. The third-order valence-corrected chi connectivity index (χ3v) is 6.13. The molecule has 6 heteroatoms. The summed E-state index contributed by atoms with van der Waals surface area (Å²) >= 11 is 0. The van der Waals surface area contributed by atoms with Gasteiger partial charge in [0.05, 0.1) is 25.2 Å². The van der Waals surface area contributed by atoms with Crippen LogP contribution in [0, 0.1) is 0 Å². The van der Waals surface area contributed by atoms with Gasteiger partial charge in [0.15, 0.2) is 21.3 Å². The molecule has 1 aromatic carbocycles. The highest BCUT2D eigenvalue weighted by molar-refractivity contribution is 7.92. The van der Waals surface area contributed by atoms with E-state index in [9.17, 15) is 8.42 Å². The number of hydrogen-bond donors (Lipinski definition) is 1. The molecule has 1 aliphatic heterocycles. The zero-order chi connectivity index (χ0) is 14.8. The summed E-state index contributed by atoms with van der Waals surface area (Å²) in [6, 6.07) is 4.79. The zero-order valence-corrected chi connectivity index (χ0v) is 12.7. The molecule has 1 aliphatic rings. The Morgan fingerprint density at radius 3 is 2.50 bits per heavy atom. The maximum atomic E-state index is 12.1. The summed E-state index contributed by atoms with van der Waals surface area (Å²) in [5.74, 6) is 1.40. The number of sulfone groups is 1. The minimum Gasteiger partial charge on any atom is -0.493 e. The average molecular weight is 299 g/mol. The summed E-state index contributed by atoms with van der Waals surface area (Å²) in [7, 11) is 0.00147. The molecule has 0 spiro atoms. The molecule has 1 aromatic rings. The van der Waals surface area contributed by atoms with Crippen LogP contribution in [0.1, 0.15) is 30.9 Å². The van der Waals surface area contributed by atoms with Crippen molar-refractivity contribution in [3.8, 4) is 11.5 Å². The number of ether oxygens (including phenoxy) is 2. The van der Waals surface area contributed by atoms with Crippen molar-refractivity contribution in [2.75, 3.05) is 20.0 Å². The molecule has 0 saturated carbocycles. The second kappa shape index (κ2) is 6.01. The minimum atomic E-state index is -3.10. The van der Waals surface area contributed by atoms with E-state index in [1.54, 1.807) is 32.4 Å². The molecule has 5 nitrogen and oxygen atoms in total. The van der Waals surface area contributed by atoms with Gasteiger partial charge in [0.2, 0.25) is 0 Å². The van der Waals surface area contributed by atoms with E-state index in [2.05, 4.69) is 0 Å². The van der Waals surface area contributed by atoms with Gasteiger partial charge in [-0.2, -0.15) is 0 Å². The maximum Gasteiger partial charge on any atom is 0.161 e. The van der Waals surface area contributed by atoms with Gasteiger partial charge in [-0.1, -0.05) is 12.5 Å². The van der Waals surface area contributed by atoms with Crippen LogP contribution < -0.4 is 15.2 Å². The van der Waals surface area contributed by atoms with Crippen molar-refractivity contribution in [3.63, 3.8) is 0 Å². The van der Waals surface area contributed by atoms with Gasteiger partial charge in [-0.15, -0.1) is 0 Å². The molecule has 20 heavy (non-hydrogen) atoms.